The van der Waals surface area contributed by atoms with Crippen molar-refractivity contribution in [3.8, 4) is 22.9 Å². The highest BCUT2D eigenvalue weighted by molar-refractivity contribution is 7.91. The van der Waals surface area contributed by atoms with Gasteiger partial charge in [0.2, 0.25) is 0 Å². The number of ether oxygens (including phenoxy) is 2. The van der Waals surface area contributed by atoms with Gasteiger partial charge in [0.25, 0.3) is 0 Å². The summed E-state index contributed by atoms with van der Waals surface area (Å²) in [5.41, 5.74) is 1.53. The van der Waals surface area contributed by atoms with Crippen LogP contribution in [-0.4, -0.2) is 53.2 Å². The summed E-state index contributed by atoms with van der Waals surface area (Å²) in [6.45, 7) is 5.89. The summed E-state index contributed by atoms with van der Waals surface area (Å²) < 4.78 is 69.1. The monoisotopic (exact) mass is 690 g/mol. The smallest absolute Gasteiger partial charge is 0.305 e. The Balaban J connectivity index is 1.46. The van der Waals surface area contributed by atoms with Gasteiger partial charge in [-0.25, -0.2) is 22.2 Å². The van der Waals surface area contributed by atoms with Gasteiger partial charge in [-0.15, -0.1) is 0 Å². The first-order valence-electron chi connectivity index (χ1n) is 16.3. The van der Waals surface area contributed by atoms with E-state index in [1.54, 1.807) is 12.3 Å². The molecule has 49 heavy (non-hydrogen) atoms. The molecule has 0 saturated carbocycles. The van der Waals surface area contributed by atoms with E-state index in [0.29, 0.717) is 48.0 Å². The Labute approximate surface area is 284 Å². The Hall–Kier alpha value is -4.58. The minimum atomic E-state index is -3.58. The van der Waals surface area contributed by atoms with E-state index in [0.717, 1.165) is 11.1 Å². The lowest BCUT2D eigenvalue weighted by Crippen LogP contribution is -2.29. The third-order valence-electron chi connectivity index (χ3n) is 9.47. The number of nitrogens with zero attached hydrogens (tertiary/aromatic N) is 2. The van der Waals surface area contributed by atoms with Gasteiger partial charge < -0.3 is 14.5 Å². The minimum Gasteiger partial charge on any atom is -0.469 e. The molecule has 3 aromatic carbocycles. The first kappa shape index (κ1) is 34.3. The van der Waals surface area contributed by atoms with E-state index in [-0.39, 0.29) is 53.2 Å². The maximum absolute atomic E-state index is 15.6. The van der Waals surface area contributed by atoms with Crippen molar-refractivity contribution in [1.29, 1.82) is 0 Å². The number of carbonyl (C=O) groups is 1. The van der Waals surface area contributed by atoms with Gasteiger partial charge in [-0.3, -0.25) is 9.89 Å². The van der Waals surface area contributed by atoms with Crippen molar-refractivity contribution in [3.05, 3.63) is 94.9 Å². The number of fused-ring (bicyclic) bond motifs is 8. The summed E-state index contributed by atoms with van der Waals surface area (Å²) in [5.74, 6) is -1.15. The molecular weight excluding hydrogens is 650 g/mol. The zero-order valence-electron chi connectivity index (χ0n) is 28.0. The molecule has 0 amide bonds. The van der Waals surface area contributed by atoms with Crippen LogP contribution in [-0.2, 0) is 37.6 Å². The van der Waals surface area contributed by atoms with E-state index in [9.17, 15) is 13.2 Å². The number of aryl methyl sites for hydroxylation is 2. The molecule has 0 fully saturated rings. The lowest BCUT2D eigenvalue weighted by Gasteiger charge is -2.30. The summed E-state index contributed by atoms with van der Waals surface area (Å²) in [5, 5.41) is 8.14. The molecule has 2 aromatic heterocycles. The molecule has 12 heteroatoms. The van der Waals surface area contributed by atoms with Gasteiger partial charge in [0.1, 0.15) is 11.6 Å². The Kier molecular flexibility index (Phi) is 9.36. The molecule has 6 rings (SSSR count). The third kappa shape index (κ3) is 7.39. The van der Waals surface area contributed by atoms with Crippen LogP contribution in [0.5, 0.6) is 11.5 Å². The number of esters is 1. The second-order valence-electron chi connectivity index (χ2n) is 13.8. The summed E-state index contributed by atoms with van der Waals surface area (Å²) in [7, 11) is -2.22. The lowest BCUT2D eigenvalue weighted by molar-refractivity contribution is -0.140. The number of halogens is 2. The van der Waals surface area contributed by atoms with E-state index in [4.69, 9.17) is 14.5 Å². The lowest BCUT2D eigenvalue weighted by atomic mass is 9.75. The second kappa shape index (κ2) is 13.4. The molecule has 1 unspecified atom stereocenters. The van der Waals surface area contributed by atoms with Gasteiger partial charge >= 0.3 is 5.97 Å². The highest BCUT2D eigenvalue weighted by atomic mass is 32.2. The first-order chi connectivity index (χ1) is 23.3. The van der Waals surface area contributed by atoms with Crippen molar-refractivity contribution in [2.45, 2.75) is 64.7 Å². The van der Waals surface area contributed by atoms with E-state index in [2.05, 4.69) is 15.2 Å². The van der Waals surface area contributed by atoms with E-state index >= 15 is 8.78 Å². The van der Waals surface area contributed by atoms with Crippen LogP contribution in [0.3, 0.4) is 0 Å². The maximum Gasteiger partial charge on any atom is 0.305 e. The van der Waals surface area contributed by atoms with Crippen molar-refractivity contribution in [2.75, 3.05) is 18.6 Å². The van der Waals surface area contributed by atoms with Crippen molar-refractivity contribution in [1.82, 2.24) is 20.2 Å². The van der Waals surface area contributed by atoms with Crippen molar-refractivity contribution in [3.63, 3.8) is 0 Å². The number of hydrogen-bond donors (Lipinski definition) is 2. The summed E-state index contributed by atoms with van der Waals surface area (Å²) in [6.07, 6.45) is 4.21. The topological polar surface area (TPSA) is 127 Å². The van der Waals surface area contributed by atoms with Crippen LogP contribution < -0.4 is 4.74 Å². The Bertz CT molecular complexity index is 2120. The van der Waals surface area contributed by atoms with Crippen molar-refractivity contribution < 1.29 is 31.5 Å². The van der Waals surface area contributed by atoms with E-state index < -0.39 is 32.3 Å². The number of aromatic nitrogens is 4. The van der Waals surface area contributed by atoms with Gasteiger partial charge in [0, 0.05) is 35.2 Å². The molecule has 1 aliphatic rings. The highest BCUT2D eigenvalue weighted by Crippen LogP contribution is 2.40. The van der Waals surface area contributed by atoms with Gasteiger partial charge in [0.05, 0.1) is 29.6 Å². The summed E-state index contributed by atoms with van der Waals surface area (Å²) in [6, 6.07) is 14.9. The normalized spacial score (nSPS) is 19.3. The standard InChI is InChI=1S/C37H40F2N4O5S/c1-36(2)15-6-16-37(3,24-8-5-7-23(19-24)9-12-32(44)47-4)35-41-34(42-43-35)28-20-25(10-11-29(28)38)48-33-27(14-18-49(45,46)22-36)26-13-17-40-31(26)21-30(33)39/h5,7-8,10-11,13,17,19-21,40H,6,9,12,14-16,18,22H2,1-4H3,(H,41,42,43). The maximum atomic E-state index is 15.6. The van der Waals surface area contributed by atoms with Gasteiger partial charge in [-0.05, 0) is 73.4 Å². The van der Waals surface area contributed by atoms with Crippen LogP contribution >= 0.6 is 0 Å². The van der Waals surface area contributed by atoms with E-state index in [1.165, 1.54) is 31.4 Å². The predicted molar refractivity (Wildman–Crippen MR) is 183 cm³/mol. The quantitative estimate of drug-likeness (QED) is 0.186. The molecule has 2 N–H and O–H groups in total. The van der Waals surface area contributed by atoms with Crippen LogP contribution in [0.2, 0.25) is 0 Å². The molecule has 9 nitrogen and oxygen atoms in total. The molecule has 258 valence electrons. The fourth-order valence-corrected chi connectivity index (χ4v) is 8.79. The van der Waals surface area contributed by atoms with Crippen LogP contribution in [0.4, 0.5) is 8.78 Å². The molecule has 0 aliphatic carbocycles. The number of benzene rings is 3. The van der Waals surface area contributed by atoms with E-state index in [1.807, 2.05) is 45.0 Å². The number of sulfone groups is 1. The molecule has 4 bridgehead atoms. The molecule has 0 spiro atoms. The number of H-pyrrole nitrogens is 2. The Morgan fingerprint density at radius 1 is 1.04 bits per heavy atom. The number of hydrogen-bond acceptors (Lipinski definition) is 7. The van der Waals surface area contributed by atoms with Crippen molar-refractivity contribution in [2.24, 2.45) is 5.41 Å². The zero-order valence-corrected chi connectivity index (χ0v) is 28.8. The first-order valence-corrected chi connectivity index (χ1v) is 18.1. The van der Waals surface area contributed by atoms with Crippen LogP contribution in [0.15, 0.2) is 60.8 Å². The third-order valence-corrected chi connectivity index (χ3v) is 11.5. The summed E-state index contributed by atoms with van der Waals surface area (Å²) >= 11 is 0. The number of rotatable bonds is 4. The fourth-order valence-electron chi connectivity index (χ4n) is 6.80. The minimum absolute atomic E-state index is 0.0315. The number of carbonyl (C=O) groups excluding carboxylic acids is 1. The van der Waals surface area contributed by atoms with Gasteiger partial charge in [-0.1, -0.05) is 44.5 Å². The molecule has 0 radical (unpaired) electrons. The second-order valence-corrected chi connectivity index (χ2v) is 16.0. The van der Waals surface area contributed by atoms with Crippen molar-refractivity contribution >= 4 is 26.7 Å². The number of aromatic amines is 2. The predicted octanol–water partition coefficient (Wildman–Crippen LogP) is 7.60. The zero-order chi connectivity index (χ0) is 35.0. The van der Waals surface area contributed by atoms with Gasteiger partial charge in [-0.2, -0.15) is 5.10 Å². The van der Waals surface area contributed by atoms with Crippen LogP contribution in [0.1, 0.15) is 69.0 Å². The Morgan fingerprint density at radius 3 is 2.65 bits per heavy atom. The number of methoxy groups -OCH3 is 1. The van der Waals surface area contributed by atoms with Gasteiger partial charge in [0.15, 0.2) is 33.1 Å². The summed E-state index contributed by atoms with van der Waals surface area (Å²) in [4.78, 5) is 19.6. The SMILES string of the molecule is COC(=O)CCc1cccc(C2(C)CCCC(C)(C)CS(=O)(=O)CCc3c(c(F)cc4[nH]ccc34)Oc3ccc(F)c(c3)-c3nc2n[nH]3)c1. The molecule has 3 heterocycles. The highest BCUT2D eigenvalue weighted by Gasteiger charge is 2.35. The molecule has 5 aromatic rings. The molecular formula is C37H40F2N4O5S. The largest absolute Gasteiger partial charge is 0.469 e. The fraction of sp³-hybridized carbons (Fsp3) is 0.378. The van der Waals surface area contributed by atoms with Crippen LogP contribution in [0.25, 0.3) is 22.3 Å². The average molecular weight is 691 g/mol. The van der Waals surface area contributed by atoms with Crippen LogP contribution in [0, 0.1) is 17.0 Å². The molecule has 1 aliphatic heterocycles. The Morgan fingerprint density at radius 2 is 1.86 bits per heavy atom. The number of nitrogens with one attached hydrogen (secondary N) is 2. The average Bonchev–Trinajstić information content (AvgIpc) is 3.74. The molecule has 0 saturated heterocycles. The molecule has 1 atom stereocenters.